The van der Waals surface area contributed by atoms with E-state index in [0.717, 1.165) is 50.0 Å². The first-order valence-electron chi connectivity index (χ1n) is 6.19. The number of hydrogen-bond acceptors (Lipinski definition) is 5. The van der Waals surface area contributed by atoms with E-state index in [2.05, 4.69) is 15.3 Å². The molecule has 1 aromatic rings. The molecule has 0 amide bonds. The smallest absolute Gasteiger partial charge is 0.221 e. The molecule has 0 bridgehead atoms. The summed E-state index contributed by atoms with van der Waals surface area (Å²) < 4.78 is 5.68. The Kier molecular flexibility index (Phi) is 4.70. The normalized spacial score (nSPS) is 14.4. The van der Waals surface area contributed by atoms with Gasteiger partial charge in [-0.05, 0) is 19.3 Å². The van der Waals surface area contributed by atoms with Crippen LogP contribution < -0.4 is 10.1 Å². The van der Waals surface area contributed by atoms with Crippen molar-refractivity contribution in [1.82, 2.24) is 15.3 Å². The van der Waals surface area contributed by atoms with E-state index in [9.17, 15) is 0 Å². The zero-order valence-electron chi connectivity index (χ0n) is 9.98. The van der Waals surface area contributed by atoms with Crippen molar-refractivity contribution in [1.29, 1.82) is 0 Å². The van der Waals surface area contributed by atoms with Gasteiger partial charge in [-0.15, -0.1) is 0 Å². The van der Waals surface area contributed by atoms with Crippen LogP contribution in [0.5, 0.6) is 5.88 Å². The fraction of sp³-hybridized carbons (Fsp3) is 0.667. The molecule has 1 aliphatic rings. The number of fused-ring (bicyclic) bond motifs is 1. The zero-order valence-corrected chi connectivity index (χ0v) is 9.98. The average Bonchev–Trinajstić information content (AvgIpc) is 2.39. The summed E-state index contributed by atoms with van der Waals surface area (Å²) in [6, 6.07) is 0. The van der Waals surface area contributed by atoms with E-state index in [-0.39, 0.29) is 6.61 Å². The molecule has 1 aliphatic heterocycles. The van der Waals surface area contributed by atoms with Crippen molar-refractivity contribution in [2.75, 3.05) is 19.8 Å². The maximum absolute atomic E-state index is 8.67. The van der Waals surface area contributed by atoms with Gasteiger partial charge >= 0.3 is 0 Å². The van der Waals surface area contributed by atoms with Crippen molar-refractivity contribution in [2.24, 2.45) is 0 Å². The van der Waals surface area contributed by atoms with Gasteiger partial charge in [0.05, 0.1) is 12.3 Å². The molecule has 2 N–H and O–H groups in total. The Balaban J connectivity index is 1.87. The van der Waals surface area contributed by atoms with E-state index in [1.165, 1.54) is 0 Å². The number of ether oxygens (including phenoxy) is 1. The number of aromatic nitrogens is 2. The first-order chi connectivity index (χ1) is 8.42. The van der Waals surface area contributed by atoms with Crippen LogP contribution in [0.1, 0.15) is 30.5 Å². The van der Waals surface area contributed by atoms with E-state index in [4.69, 9.17) is 9.84 Å². The van der Waals surface area contributed by atoms with Crippen molar-refractivity contribution in [3.63, 3.8) is 0 Å². The van der Waals surface area contributed by atoms with Gasteiger partial charge in [0.1, 0.15) is 6.33 Å². The van der Waals surface area contributed by atoms with Crippen LogP contribution in [0.4, 0.5) is 0 Å². The highest BCUT2D eigenvalue weighted by Crippen LogP contribution is 2.20. The van der Waals surface area contributed by atoms with Crippen LogP contribution in [0, 0.1) is 0 Å². The summed E-state index contributed by atoms with van der Waals surface area (Å²) in [5.41, 5.74) is 2.20. The molecule has 2 rings (SSSR count). The first-order valence-corrected chi connectivity index (χ1v) is 6.19. The molecule has 1 aromatic heterocycles. The van der Waals surface area contributed by atoms with Crippen LogP contribution in [0.25, 0.3) is 0 Å². The molecule has 0 saturated carbocycles. The molecule has 0 aromatic carbocycles. The highest BCUT2D eigenvalue weighted by atomic mass is 16.5. The van der Waals surface area contributed by atoms with E-state index in [1.807, 2.05) is 0 Å². The van der Waals surface area contributed by atoms with Crippen molar-refractivity contribution in [3.8, 4) is 5.88 Å². The highest BCUT2D eigenvalue weighted by Gasteiger charge is 2.15. The van der Waals surface area contributed by atoms with Gasteiger partial charge in [0.25, 0.3) is 0 Å². The Bertz CT molecular complexity index is 358. The minimum absolute atomic E-state index is 0.257. The quantitative estimate of drug-likeness (QED) is 0.712. The average molecular weight is 237 g/mol. The third-order valence-electron chi connectivity index (χ3n) is 2.88. The summed E-state index contributed by atoms with van der Waals surface area (Å²) in [6.07, 6.45) is 5.30. The van der Waals surface area contributed by atoms with E-state index >= 15 is 0 Å². The number of aliphatic hydroxyl groups excluding tert-OH is 1. The Morgan fingerprint density at radius 2 is 2.24 bits per heavy atom. The summed E-state index contributed by atoms with van der Waals surface area (Å²) in [7, 11) is 0. The Labute approximate surface area is 101 Å². The van der Waals surface area contributed by atoms with Gasteiger partial charge in [-0.25, -0.2) is 9.97 Å². The number of hydrogen-bond donors (Lipinski definition) is 2. The van der Waals surface area contributed by atoms with Crippen molar-refractivity contribution in [2.45, 2.75) is 32.2 Å². The molecule has 0 fully saturated rings. The fourth-order valence-corrected chi connectivity index (χ4v) is 1.93. The van der Waals surface area contributed by atoms with Crippen molar-refractivity contribution >= 4 is 0 Å². The second-order valence-electron chi connectivity index (χ2n) is 4.16. The lowest BCUT2D eigenvalue weighted by atomic mass is 10.1. The molecule has 17 heavy (non-hydrogen) atoms. The largest absolute Gasteiger partial charge is 0.477 e. The summed E-state index contributed by atoms with van der Waals surface area (Å²) in [5.74, 6) is 0.714. The van der Waals surface area contributed by atoms with Gasteiger partial charge < -0.3 is 15.2 Å². The molecule has 0 unspecified atom stereocenters. The van der Waals surface area contributed by atoms with Crippen molar-refractivity contribution in [3.05, 3.63) is 17.6 Å². The van der Waals surface area contributed by atoms with Crippen molar-refractivity contribution < 1.29 is 9.84 Å². The third-order valence-corrected chi connectivity index (χ3v) is 2.88. The lowest BCUT2D eigenvalue weighted by molar-refractivity contribution is 0.260. The SMILES string of the molecule is OCCCCCOc1ncnc2c1CNCC2. The minimum atomic E-state index is 0.257. The maximum Gasteiger partial charge on any atom is 0.221 e. The summed E-state index contributed by atoms with van der Waals surface area (Å²) >= 11 is 0. The van der Waals surface area contributed by atoms with Gasteiger partial charge in [0.2, 0.25) is 5.88 Å². The summed E-state index contributed by atoms with van der Waals surface area (Å²) in [5, 5.41) is 12.0. The number of nitrogens with zero attached hydrogens (tertiary/aromatic N) is 2. The van der Waals surface area contributed by atoms with E-state index < -0.39 is 0 Å². The van der Waals surface area contributed by atoms with Crippen LogP contribution in [0.3, 0.4) is 0 Å². The monoisotopic (exact) mass is 237 g/mol. The lowest BCUT2D eigenvalue weighted by Crippen LogP contribution is -2.25. The molecule has 0 saturated heterocycles. The number of nitrogens with one attached hydrogen (secondary N) is 1. The van der Waals surface area contributed by atoms with Gasteiger partial charge in [0.15, 0.2) is 0 Å². The molecule has 5 heteroatoms. The first kappa shape index (κ1) is 12.3. The second kappa shape index (κ2) is 6.51. The maximum atomic E-state index is 8.67. The minimum Gasteiger partial charge on any atom is -0.477 e. The Morgan fingerprint density at radius 1 is 1.29 bits per heavy atom. The Morgan fingerprint density at radius 3 is 3.12 bits per heavy atom. The lowest BCUT2D eigenvalue weighted by Gasteiger charge is -2.18. The van der Waals surface area contributed by atoms with Gasteiger partial charge in [-0.1, -0.05) is 0 Å². The third kappa shape index (κ3) is 3.38. The topological polar surface area (TPSA) is 67.3 Å². The van der Waals surface area contributed by atoms with Crippen LogP contribution in [0.15, 0.2) is 6.33 Å². The number of rotatable bonds is 6. The molecule has 0 atom stereocenters. The van der Waals surface area contributed by atoms with Crippen LogP contribution in [-0.2, 0) is 13.0 Å². The molecule has 5 nitrogen and oxygen atoms in total. The predicted molar refractivity (Wildman–Crippen MR) is 63.9 cm³/mol. The molecular weight excluding hydrogens is 218 g/mol. The van der Waals surface area contributed by atoms with Crippen LogP contribution >= 0.6 is 0 Å². The zero-order chi connectivity index (χ0) is 11.9. The summed E-state index contributed by atoms with van der Waals surface area (Å²) in [6.45, 7) is 2.68. The molecule has 2 heterocycles. The van der Waals surface area contributed by atoms with Crippen LogP contribution in [-0.4, -0.2) is 34.8 Å². The van der Waals surface area contributed by atoms with E-state index in [0.29, 0.717) is 12.5 Å². The molecule has 0 radical (unpaired) electrons. The summed E-state index contributed by atoms with van der Waals surface area (Å²) in [4.78, 5) is 8.46. The molecule has 0 spiro atoms. The van der Waals surface area contributed by atoms with Crippen LogP contribution in [0.2, 0.25) is 0 Å². The molecule has 94 valence electrons. The highest BCUT2D eigenvalue weighted by molar-refractivity contribution is 5.31. The van der Waals surface area contributed by atoms with Gasteiger partial charge in [-0.2, -0.15) is 0 Å². The molecular formula is C12H19N3O2. The fourth-order valence-electron chi connectivity index (χ4n) is 1.93. The standard InChI is InChI=1S/C12H19N3O2/c16-6-2-1-3-7-17-12-10-8-13-5-4-11(10)14-9-15-12/h9,13,16H,1-8H2. The Hall–Kier alpha value is -1.20. The molecule has 0 aliphatic carbocycles. The van der Waals surface area contributed by atoms with E-state index in [1.54, 1.807) is 6.33 Å². The number of unbranched alkanes of at least 4 members (excludes halogenated alkanes) is 2. The van der Waals surface area contributed by atoms with Gasteiger partial charge in [-0.3, -0.25) is 0 Å². The second-order valence-corrected chi connectivity index (χ2v) is 4.16. The predicted octanol–water partition coefficient (Wildman–Crippen LogP) is 0.664. The number of aliphatic hydroxyl groups is 1. The van der Waals surface area contributed by atoms with Gasteiger partial charge in [0, 0.05) is 31.7 Å².